The zero-order chi connectivity index (χ0) is 7.68. The van der Waals surface area contributed by atoms with E-state index >= 15 is 0 Å². The number of thiol groups is 1. The number of rotatable bonds is 1. The Morgan fingerprint density at radius 1 is 1.36 bits per heavy atom. The Hall–Kier alpha value is -0.480. The molecule has 0 saturated heterocycles. The highest BCUT2D eigenvalue weighted by atomic mass is 33.1. The molecule has 2 rings (SSSR count). The molecule has 1 aliphatic heterocycles. The molecule has 58 valence electrons. The van der Waals surface area contributed by atoms with Crippen LogP contribution in [0.1, 0.15) is 0 Å². The molecule has 0 radical (unpaired) electrons. The molecule has 0 fully saturated rings. The van der Waals surface area contributed by atoms with Gasteiger partial charge in [0.2, 0.25) is 6.79 Å². The van der Waals surface area contributed by atoms with Gasteiger partial charge in [0, 0.05) is 0 Å². The van der Waals surface area contributed by atoms with E-state index in [4.69, 9.17) is 9.47 Å². The average molecular weight is 186 g/mol. The molecule has 0 saturated carbocycles. The first-order valence-electron chi connectivity index (χ1n) is 3.12. The predicted molar refractivity (Wildman–Crippen MR) is 47.4 cm³/mol. The van der Waals surface area contributed by atoms with Crippen LogP contribution in [0.3, 0.4) is 0 Å². The number of hydrogen-bond acceptors (Lipinski definition) is 4. The van der Waals surface area contributed by atoms with Crippen molar-refractivity contribution in [1.82, 2.24) is 0 Å². The van der Waals surface area contributed by atoms with Gasteiger partial charge >= 0.3 is 0 Å². The van der Waals surface area contributed by atoms with Gasteiger partial charge < -0.3 is 9.47 Å². The Morgan fingerprint density at radius 2 is 2.27 bits per heavy atom. The first-order valence-corrected chi connectivity index (χ1v) is 4.99. The largest absolute Gasteiger partial charge is 0.454 e. The summed E-state index contributed by atoms with van der Waals surface area (Å²) in [6.07, 6.45) is 0. The summed E-state index contributed by atoms with van der Waals surface area (Å²) in [4.78, 5) is 1.00. The van der Waals surface area contributed by atoms with Crippen LogP contribution in [0.25, 0.3) is 0 Å². The van der Waals surface area contributed by atoms with Crippen LogP contribution in [0, 0.1) is 0 Å². The van der Waals surface area contributed by atoms with E-state index in [2.05, 4.69) is 11.7 Å². The van der Waals surface area contributed by atoms with Crippen molar-refractivity contribution in [3.05, 3.63) is 18.2 Å². The lowest BCUT2D eigenvalue weighted by atomic mass is 10.3. The van der Waals surface area contributed by atoms with Crippen LogP contribution in [-0.2, 0) is 0 Å². The molecule has 0 N–H and O–H groups in total. The Labute approximate surface area is 73.7 Å². The van der Waals surface area contributed by atoms with E-state index in [9.17, 15) is 0 Å². The van der Waals surface area contributed by atoms with Gasteiger partial charge in [0.05, 0.1) is 4.90 Å². The highest BCUT2D eigenvalue weighted by molar-refractivity contribution is 8.68. The fourth-order valence-electron chi connectivity index (χ4n) is 0.975. The molecule has 2 nitrogen and oxygen atoms in total. The summed E-state index contributed by atoms with van der Waals surface area (Å²) in [5.41, 5.74) is 0. The number of ether oxygens (including phenoxy) is 2. The zero-order valence-corrected chi connectivity index (χ0v) is 7.32. The van der Waals surface area contributed by atoms with E-state index in [0.29, 0.717) is 6.79 Å². The lowest BCUT2D eigenvalue weighted by Gasteiger charge is -1.99. The van der Waals surface area contributed by atoms with Crippen LogP contribution in [0.4, 0.5) is 0 Å². The topological polar surface area (TPSA) is 18.5 Å². The van der Waals surface area contributed by atoms with Gasteiger partial charge in [-0.3, -0.25) is 0 Å². The van der Waals surface area contributed by atoms with Crippen molar-refractivity contribution in [2.45, 2.75) is 4.90 Å². The first-order chi connectivity index (χ1) is 5.42. The summed E-state index contributed by atoms with van der Waals surface area (Å²) in [6, 6.07) is 5.76. The van der Waals surface area contributed by atoms with Crippen molar-refractivity contribution in [2.24, 2.45) is 0 Å². The summed E-state index contributed by atoms with van der Waals surface area (Å²) >= 11 is 4.09. The molecule has 0 amide bonds. The van der Waals surface area contributed by atoms with Gasteiger partial charge in [-0.05, 0) is 12.1 Å². The Kier molecular flexibility index (Phi) is 1.87. The van der Waals surface area contributed by atoms with Crippen molar-refractivity contribution in [3.63, 3.8) is 0 Å². The van der Waals surface area contributed by atoms with Gasteiger partial charge in [0.25, 0.3) is 0 Å². The van der Waals surface area contributed by atoms with Crippen LogP contribution in [0.5, 0.6) is 11.5 Å². The normalized spacial score (nSPS) is 13.5. The molecule has 1 heterocycles. The molecule has 0 spiro atoms. The van der Waals surface area contributed by atoms with E-state index < -0.39 is 0 Å². The highest BCUT2D eigenvalue weighted by Gasteiger charge is 2.16. The van der Waals surface area contributed by atoms with E-state index in [1.165, 1.54) is 10.8 Å². The third-order valence-electron chi connectivity index (χ3n) is 1.46. The van der Waals surface area contributed by atoms with Crippen LogP contribution >= 0.6 is 22.5 Å². The summed E-state index contributed by atoms with van der Waals surface area (Å²) in [5, 5.41) is 0. The predicted octanol–water partition coefficient (Wildman–Crippen LogP) is 2.35. The average Bonchev–Trinajstić information content (AvgIpc) is 2.50. The molecule has 11 heavy (non-hydrogen) atoms. The minimum absolute atomic E-state index is 0.320. The molecule has 1 aromatic carbocycles. The third kappa shape index (κ3) is 1.16. The van der Waals surface area contributed by atoms with Gasteiger partial charge in [-0.2, -0.15) is 0 Å². The number of hydrogen-bond donors (Lipinski definition) is 1. The quantitative estimate of drug-likeness (QED) is 0.536. The van der Waals surface area contributed by atoms with E-state index in [-0.39, 0.29) is 0 Å². The molecule has 0 atom stereocenters. The van der Waals surface area contributed by atoms with Crippen molar-refractivity contribution >= 4 is 22.5 Å². The molecule has 1 aliphatic rings. The summed E-state index contributed by atoms with van der Waals surface area (Å²) in [7, 11) is 1.36. The van der Waals surface area contributed by atoms with Crippen molar-refractivity contribution in [1.29, 1.82) is 0 Å². The first kappa shape index (κ1) is 7.18. The number of fused-ring (bicyclic) bond motifs is 1. The van der Waals surface area contributed by atoms with Gasteiger partial charge in [-0.15, -0.1) is 11.7 Å². The maximum Gasteiger partial charge on any atom is 0.231 e. The van der Waals surface area contributed by atoms with Crippen molar-refractivity contribution in [3.8, 4) is 11.5 Å². The van der Waals surface area contributed by atoms with Crippen LogP contribution in [0.2, 0.25) is 0 Å². The minimum Gasteiger partial charge on any atom is -0.454 e. The SMILES string of the molecule is SSc1cccc2c1OCO2. The summed E-state index contributed by atoms with van der Waals surface area (Å²) < 4.78 is 10.4. The maximum atomic E-state index is 5.23. The van der Waals surface area contributed by atoms with Crippen LogP contribution in [-0.4, -0.2) is 6.79 Å². The Bertz CT molecular complexity index is 275. The van der Waals surface area contributed by atoms with E-state index in [0.717, 1.165) is 16.4 Å². The molecular formula is C7H6O2S2. The van der Waals surface area contributed by atoms with E-state index in [1.54, 1.807) is 0 Å². The lowest BCUT2D eigenvalue weighted by Crippen LogP contribution is -1.93. The molecule has 0 aromatic heterocycles. The van der Waals surface area contributed by atoms with E-state index in [1.807, 2.05) is 18.2 Å². The fraction of sp³-hybridized carbons (Fsp3) is 0.143. The number of para-hydroxylation sites is 1. The fourth-order valence-corrected chi connectivity index (χ4v) is 1.79. The molecule has 0 unspecified atom stereocenters. The Morgan fingerprint density at radius 3 is 3.09 bits per heavy atom. The van der Waals surface area contributed by atoms with Crippen molar-refractivity contribution < 1.29 is 9.47 Å². The van der Waals surface area contributed by atoms with Gasteiger partial charge in [-0.1, -0.05) is 16.9 Å². The summed E-state index contributed by atoms with van der Waals surface area (Å²) in [5.74, 6) is 1.62. The highest BCUT2D eigenvalue weighted by Crippen LogP contribution is 2.41. The van der Waals surface area contributed by atoms with Crippen LogP contribution in [0.15, 0.2) is 23.1 Å². The zero-order valence-electron chi connectivity index (χ0n) is 5.61. The smallest absolute Gasteiger partial charge is 0.231 e. The maximum absolute atomic E-state index is 5.23. The monoisotopic (exact) mass is 186 g/mol. The molecule has 4 heteroatoms. The second-order valence-corrected chi connectivity index (χ2v) is 3.25. The molecule has 1 aromatic rings. The second kappa shape index (κ2) is 2.87. The van der Waals surface area contributed by atoms with Gasteiger partial charge in [0.15, 0.2) is 11.5 Å². The van der Waals surface area contributed by atoms with Crippen LogP contribution < -0.4 is 9.47 Å². The second-order valence-electron chi connectivity index (χ2n) is 2.08. The minimum atomic E-state index is 0.320. The molecule has 0 aliphatic carbocycles. The van der Waals surface area contributed by atoms with Gasteiger partial charge in [-0.25, -0.2) is 0 Å². The Balaban J connectivity index is 2.50. The third-order valence-corrected chi connectivity index (χ3v) is 2.57. The van der Waals surface area contributed by atoms with Gasteiger partial charge in [0.1, 0.15) is 0 Å². The number of benzene rings is 1. The van der Waals surface area contributed by atoms with Crippen molar-refractivity contribution in [2.75, 3.05) is 6.79 Å². The standard InChI is InChI=1S/C7H6O2S2/c10-11-6-3-1-2-5-7(6)9-4-8-5/h1-3,10H,4H2. The summed E-state index contributed by atoms with van der Waals surface area (Å²) in [6.45, 7) is 0.320. The lowest BCUT2D eigenvalue weighted by molar-refractivity contribution is 0.172. The molecular weight excluding hydrogens is 180 g/mol. The molecule has 0 bridgehead atoms.